The highest BCUT2D eigenvalue weighted by Gasteiger charge is 2.03. The van der Waals surface area contributed by atoms with Gasteiger partial charge in [-0.25, -0.2) is 13.8 Å². The molecule has 0 bridgehead atoms. The van der Waals surface area contributed by atoms with Crippen LogP contribution in [0.3, 0.4) is 0 Å². The van der Waals surface area contributed by atoms with Crippen LogP contribution in [0.1, 0.15) is 12.5 Å². The Morgan fingerprint density at radius 3 is 2.63 bits per heavy atom. The summed E-state index contributed by atoms with van der Waals surface area (Å²) in [5.41, 5.74) is 1.04. The van der Waals surface area contributed by atoms with E-state index in [1.165, 1.54) is 17.8 Å². The van der Waals surface area contributed by atoms with Crippen LogP contribution < -0.4 is 5.32 Å². The molecule has 2 aromatic rings. The molecule has 0 aliphatic heterocycles. The molecule has 0 saturated heterocycles. The summed E-state index contributed by atoms with van der Waals surface area (Å²) in [7, 11) is 0. The minimum absolute atomic E-state index is 0.671. The van der Waals surface area contributed by atoms with Gasteiger partial charge in [-0.05, 0) is 36.8 Å². The first-order valence-corrected chi connectivity index (χ1v) is 6.94. The molecule has 0 aliphatic rings. The lowest BCUT2D eigenvalue weighted by Gasteiger charge is -2.05. The molecule has 0 saturated carbocycles. The molecule has 1 N–H and O–H groups in total. The molecule has 0 radical (unpaired) electrons. The average Bonchev–Trinajstić information content (AvgIpc) is 2.42. The molecule has 100 valence electrons. The van der Waals surface area contributed by atoms with E-state index in [-0.39, 0.29) is 0 Å². The summed E-state index contributed by atoms with van der Waals surface area (Å²) in [4.78, 5) is 4.96. The van der Waals surface area contributed by atoms with Gasteiger partial charge in [0.1, 0.15) is 5.82 Å². The van der Waals surface area contributed by atoms with E-state index in [1.807, 2.05) is 19.1 Å². The minimum Gasteiger partial charge on any atom is -0.370 e. The first-order valence-electron chi connectivity index (χ1n) is 5.95. The predicted molar refractivity (Wildman–Crippen MR) is 74.3 cm³/mol. The van der Waals surface area contributed by atoms with Gasteiger partial charge in [0.25, 0.3) is 0 Å². The lowest BCUT2D eigenvalue weighted by molar-refractivity contribution is 0.506. The number of rotatable bonds is 5. The van der Waals surface area contributed by atoms with E-state index >= 15 is 0 Å². The molecule has 0 unspecified atom stereocenters. The molecule has 5 heteroatoms. The zero-order valence-corrected chi connectivity index (χ0v) is 11.3. The van der Waals surface area contributed by atoms with Gasteiger partial charge in [0, 0.05) is 23.4 Å². The van der Waals surface area contributed by atoms with Crippen molar-refractivity contribution in [1.82, 2.24) is 4.98 Å². The number of benzene rings is 1. The number of nitrogens with one attached hydrogen (secondary N) is 1. The van der Waals surface area contributed by atoms with Crippen molar-refractivity contribution in [3.63, 3.8) is 0 Å². The molecule has 2 rings (SSSR count). The van der Waals surface area contributed by atoms with Crippen LogP contribution >= 0.6 is 11.8 Å². The third kappa shape index (κ3) is 3.92. The van der Waals surface area contributed by atoms with E-state index in [1.54, 1.807) is 12.3 Å². The zero-order chi connectivity index (χ0) is 13.7. The quantitative estimate of drug-likeness (QED) is 0.835. The number of aromatic nitrogens is 1. The largest absolute Gasteiger partial charge is 0.370 e. The summed E-state index contributed by atoms with van der Waals surface area (Å²) in [6.07, 6.45) is 1.78. The average molecular weight is 280 g/mol. The highest BCUT2D eigenvalue weighted by Crippen LogP contribution is 2.24. The lowest BCUT2D eigenvalue weighted by Crippen LogP contribution is -1.98. The smallest absolute Gasteiger partial charge is 0.159 e. The highest BCUT2D eigenvalue weighted by molar-refractivity contribution is 7.98. The Balaban J connectivity index is 1.96. The Morgan fingerprint density at radius 1 is 1.16 bits per heavy atom. The van der Waals surface area contributed by atoms with Gasteiger partial charge in [-0.1, -0.05) is 6.07 Å². The van der Waals surface area contributed by atoms with Crippen molar-refractivity contribution in [3.8, 4) is 0 Å². The van der Waals surface area contributed by atoms with Crippen LogP contribution in [0.15, 0.2) is 41.4 Å². The van der Waals surface area contributed by atoms with Gasteiger partial charge in [0.15, 0.2) is 11.6 Å². The summed E-state index contributed by atoms with van der Waals surface area (Å²) >= 11 is 1.45. The molecule has 1 aromatic heterocycles. The van der Waals surface area contributed by atoms with Crippen LogP contribution in [0.2, 0.25) is 0 Å². The van der Waals surface area contributed by atoms with Gasteiger partial charge in [-0.3, -0.25) is 0 Å². The maximum Gasteiger partial charge on any atom is 0.159 e. The molecule has 0 amide bonds. The van der Waals surface area contributed by atoms with E-state index < -0.39 is 11.6 Å². The Hall–Kier alpha value is -1.62. The van der Waals surface area contributed by atoms with Crippen molar-refractivity contribution in [2.24, 2.45) is 0 Å². The van der Waals surface area contributed by atoms with Crippen LogP contribution in [0, 0.1) is 11.6 Å². The number of hydrogen-bond acceptors (Lipinski definition) is 3. The fraction of sp³-hybridized carbons (Fsp3) is 0.214. The summed E-state index contributed by atoms with van der Waals surface area (Å²) in [6, 6.07) is 7.80. The van der Waals surface area contributed by atoms with Crippen molar-refractivity contribution in [2.45, 2.75) is 17.6 Å². The maximum absolute atomic E-state index is 13.0. The molecular formula is C14H14F2N2S. The molecule has 19 heavy (non-hydrogen) atoms. The number of pyridine rings is 1. The van der Waals surface area contributed by atoms with Crippen molar-refractivity contribution in [2.75, 3.05) is 11.9 Å². The number of halogens is 2. The monoisotopic (exact) mass is 280 g/mol. The van der Waals surface area contributed by atoms with Gasteiger partial charge in [-0.15, -0.1) is 11.8 Å². The lowest BCUT2D eigenvalue weighted by atomic mass is 10.3. The van der Waals surface area contributed by atoms with E-state index in [2.05, 4.69) is 10.3 Å². The van der Waals surface area contributed by atoms with Crippen molar-refractivity contribution < 1.29 is 8.78 Å². The van der Waals surface area contributed by atoms with E-state index in [0.717, 1.165) is 24.0 Å². The van der Waals surface area contributed by atoms with Crippen LogP contribution in [0.25, 0.3) is 0 Å². The Kier molecular flexibility index (Phi) is 4.74. The first-order chi connectivity index (χ1) is 9.19. The van der Waals surface area contributed by atoms with Gasteiger partial charge < -0.3 is 5.32 Å². The van der Waals surface area contributed by atoms with Gasteiger partial charge in [0.2, 0.25) is 0 Å². The van der Waals surface area contributed by atoms with Gasteiger partial charge in [-0.2, -0.15) is 0 Å². The second-order valence-electron chi connectivity index (χ2n) is 3.95. The summed E-state index contributed by atoms with van der Waals surface area (Å²) < 4.78 is 25.8. The molecule has 2 nitrogen and oxygen atoms in total. The van der Waals surface area contributed by atoms with Crippen LogP contribution in [0.4, 0.5) is 14.6 Å². The highest BCUT2D eigenvalue weighted by atomic mass is 32.2. The number of hydrogen-bond donors (Lipinski definition) is 1. The third-order valence-corrected chi connectivity index (χ3v) is 3.54. The van der Waals surface area contributed by atoms with E-state index in [0.29, 0.717) is 10.6 Å². The van der Waals surface area contributed by atoms with Crippen LogP contribution in [0.5, 0.6) is 0 Å². The van der Waals surface area contributed by atoms with Crippen molar-refractivity contribution >= 4 is 17.6 Å². The predicted octanol–water partition coefficient (Wildman–Crippen LogP) is 4.08. The van der Waals surface area contributed by atoms with Crippen molar-refractivity contribution in [3.05, 3.63) is 53.7 Å². The second-order valence-corrected chi connectivity index (χ2v) is 5.00. The normalized spacial score (nSPS) is 10.5. The SMILES string of the molecule is CCNc1ccc(CSc2ccc(F)c(F)c2)cn1. The number of nitrogens with zero attached hydrogens (tertiary/aromatic N) is 1. The maximum atomic E-state index is 13.0. The van der Waals surface area contributed by atoms with Crippen molar-refractivity contribution in [1.29, 1.82) is 0 Å². The molecule has 0 atom stereocenters. The molecule has 0 fully saturated rings. The molecule has 0 spiro atoms. The third-order valence-electron chi connectivity index (χ3n) is 2.48. The summed E-state index contributed by atoms with van der Waals surface area (Å²) in [6.45, 7) is 2.84. The number of thioether (sulfide) groups is 1. The molecule has 0 aliphatic carbocycles. The summed E-state index contributed by atoms with van der Waals surface area (Å²) in [5, 5.41) is 3.11. The number of anilines is 1. The molecular weight excluding hydrogens is 266 g/mol. The Morgan fingerprint density at radius 2 is 2.00 bits per heavy atom. The first kappa shape index (κ1) is 13.8. The minimum atomic E-state index is -0.819. The van der Waals surface area contributed by atoms with Crippen LogP contribution in [-0.4, -0.2) is 11.5 Å². The van der Waals surface area contributed by atoms with E-state index in [4.69, 9.17) is 0 Å². The van der Waals surface area contributed by atoms with Crippen LogP contribution in [-0.2, 0) is 5.75 Å². The Labute approximate surface area is 115 Å². The fourth-order valence-corrected chi connectivity index (χ4v) is 2.38. The van der Waals surface area contributed by atoms with Gasteiger partial charge >= 0.3 is 0 Å². The Bertz CT molecular complexity index is 544. The van der Waals surface area contributed by atoms with Gasteiger partial charge in [0.05, 0.1) is 0 Å². The zero-order valence-electron chi connectivity index (χ0n) is 10.5. The summed E-state index contributed by atoms with van der Waals surface area (Å²) in [5.74, 6) is -0.125. The molecule has 1 heterocycles. The topological polar surface area (TPSA) is 24.9 Å². The van der Waals surface area contributed by atoms with E-state index in [9.17, 15) is 8.78 Å². The fourth-order valence-electron chi connectivity index (χ4n) is 1.53. The standard InChI is InChI=1S/C14H14F2N2S/c1-2-17-14-6-3-10(8-18-14)9-19-11-4-5-12(15)13(16)7-11/h3-8H,2,9H2,1H3,(H,17,18). The molecule has 1 aromatic carbocycles. The second kappa shape index (κ2) is 6.52.